The molecule has 0 saturated heterocycles. The first-order chi connectivity index (χ1) is 11.2. The van der Waals surface area contributed by atoms with Gasteiger partial charge in [0.05, 0.1) is 19.0 Å². The van der Waals surface area contributed by atoms with E-state index in [0.717, 1.165) is 33.4 Å². The maximum absolute atomic E-state index is 6.10. The van der Waals surface area contributed by atoms with Crippen LogP contribution in [-0.2, 0) is 0 Å². The molecule has 1 aromatic heterocycles. The number of nitrogens with zero attached hydrogens (tertiary/aromatic N) is 1. The van der Waals surface area contributed by atoms with Crippen LogP contribution >= 0.6 is 11.6 Å². The summed E-state index contributed by atoms with van der Waals surface area (Å²) in [6.07, 6.45) is 1.76. The first-order valence-corrected chi connectivity index (χ1v) is 7.58. The van der Waals surface area contributed by atoms with Gasteiger partial charge in [-0.3, -0.25) is 4.99 Å². The Hall–Kier alpha value is -2.52. The lowest BCUT2D eigenvalue weighted by Crippen LogP contribution is -2.04. The Morgan fingerprint density at radius 1 is 1.17 bits per heavy atom. The number of benzene rings is 2. The van der Waals surface area contributed by atoms with Crippen molar-refractivity contribution < 1.29 is 9.15 Å². The summed E-state index contributed by atoms with van der Waals surface area (Å²) in [5.41, 5.74) is 1.70. The van der Waals surface area contributed by atoms with Crippen LogP contribution in [-0.4, -0.2) is 13.7 Å². The van der Waals surface area contributed by atoms with Gasteiger partial charge in [0.25, 0.3) is 0 Å². The van der Waals surface area contributed by atoms with E-state index >= 15 is 0 Å². The Labute approximate surface area is 139 Å². The summed E-state index contributed by atoms with van der Waals surface area (Å²) >= 11 is 6.10. The fourth-order valence-corrected chi connectivity index (χ4v) is 2.50. The first kappa shape index (κ1) is 15.4. The van der Waals surface area contributed by atoms with Gasteiger partial charge >= 0.3 is 0 Å². The second-order valence-electron chi connectivity index (χ2n) is 4.99. The first-order valence-electron chi connectivity index (χ1n) is 7.20. The van der Waals surface area contributed by atoms with Gasteiger partial charge in [0.2, 0.25) is 0 Å². The highest BCUT2D eigenvalue weighted by molar-refractivity contribution is 6.31. The zero-order chi connectivity index (χ0) is 16.2. The average molecular weight is 326 g/mol. The highest BCUT2D eigenvalue weighted by Gasteiger charge is 2.07. The SMILES string of the molecule is C=CCN=c1cc(-c2ccc(OC)cc2)oc2ccc(Cl)cc12. The van der Waals surface area contributed by atoms with Crippen LogP contribution in [0.1, 0.15) is 0 Å². The Bertz CT molecular complexity index is 911. The fraction of sp³-hybridized carbons (Fsp3) is 0.105. The summed E-state index contributed by atoms with van der Waals surface area (Å²) < 4.78 is 11.2. The minimum absolute atomic E-state index is 0.535. The summed E-state index contributed by atoms with van der Waals surface area (Å²) in [7, 11) is 1.64. The van der Waals surface area contributed by atoms with E-state index in [2.05, 4.69) is 11.6 Å². The third-order valence-electron chi connectivity index (χ3n) is 3.47. The van der Waals surface area contributed by atoms with E-state index in [1.54, 1.807) is 13.2 Å². The molecule has 0 aliphatic carbocycles. The van der Waals surface area contributed by atoms with E-state index in [4.69, 9.17) is 20.8 Å². The molecule has 2 aromatic carbocycles. The number of hydrogen-bond donors (Lipinski definition) is 0. The van der Waals surface area contributed by atoms with Crippen LogP contribution in [0, 0.1) is 0 Å². The fourth-order valence-electron chi connectivity index (χ4n) is 2.33. The molecule has 0 radical (unpaired) electrons. The van der Waals surface area contributed by atoms with Crippen molar-refractivity contribution in [3.63, 3.8) is 0 Å². The van der Waals surface area contributed by atoms with Crippen molar-refractivity contribution in [2.45, 2.75) is 0 Å². The van der Waals surface area contributed by atoms with E-state index in [1.807, 2.05) is 48.5 Å². The topological polar surface area (TPSA) is 34.7 Å². The molecule has 0 N–H and O–H groups in total. The lowest BCUT2D eigenvalue weighted by molar-refractivity contribution is 0.415. The number of methoxy groups -OCH3 is 1. The van der Waals surface area contributed by atoms with Crippen LogP contribution in [0.2, 0.25) is 5.02 Å². The van der Waals surface area contributed by atoms with Crippen LogP contribution in [0.3, 0.4) is 0 Å². The standard InChI is InChI=1S/C19H16ClNO2/c1-3-10-21-17-12-19(13-4-7-15(22-2)8-5-13)23-18-9-6-14(20)11-16(17)18/h3-9,11-12H,1,10H2,2H3. The Kier molecular flexibility index (Phi) is 4.49. The van der Waals surface area contributed by atoms with E-state index in [0.29, 0.717) is 11.6 Å². The van der Waals surface area contributed by atoms with Crippen LogP contribution < -0.4 is 10.1 Å². The molecule has 4 heteroatoms. The maximum Gasteiger partial charge on any atom is 0.136 e. The second-order valence-corrected chi connectivity index (χ2v) is 5.43. The maximum atomic E-state index is 6.10. The molecule has 3 aromatic rings. The molecule has 0 bridgehead atoms. The van der Waals surface area contributed by atoms with Crippen molar-refractivity contribution in [1.82, 2.24) is 0 Å². The van der Waals surface area contributed by atoms with E-state index in [1.165, 1.54) is 0 Å². The molecule has 23 heavy (non-hydrogen) atoms. The van der Waals surface area contributed by atoms with Crippen molar-refractivity contribution in [3.05, 3.63) is 71.6 Å². The largest absolute Gasteiger partial charge is 0.497 e. The second kappa shape index (κ2) is 6.71. The number of ether oxygens (including phenoxy) is 1. The predicted octanol–water partition coefficient (Wildman–Crippen LogP) is 4.85. The van der Waals surface area contributed by atoms with Crippen molar-refractivity contribution in [2.75, 3.05) is 13.7 Å². The number of halogens is 1. The third-order valence-corrected chi connectivity index (χ3v) is 3.71. The molecule has 3 nitrogen and oxygen atoms in total. The Morgan fingerprint density at radius 3 is 2.65 bits per heavy atom. The van der Waals surface area contributed by atoms with Gasteiger partial charge in [-0.25, -0.2) is 0 Å². The van der Waals surface area contributed by atoms with Gasteiger partial charge < -0.3 is 9.15 Å². The summed E-state index contributed by atoms with van der Waals surface area (Å²) in [5.74, 6) is 1.54. The molecule has 0 aliphatic heterocycles. The van der Waals surface area contributed by atoms with Gasteiger partial charge in [-0.05, 0) is 42.5 Å². The molecule has 0 aliphatic rings. The van der Waals surface area contributed by atoms with Gasteiger partial charge in [-0.1, -0.05) is 17.7 Å². The highest BCUT2D eigenvalue weighted by atomic mass is 35.5. The van der Waals surface area contributed by atoms with Crippen molar-refractivity contribution in [3.8, 4) is 17.1 Å². The van der Waals surface area contributed by atoms with Crippen LogP contribution in [0.5, 0.6) is 5.75 Å². The van der Waals surface area contributed by atoms with Crippen molar-refractivity contribution >= 4 is 22.6 Å². The van der Waals surface area contributed by atoms with Gasteiger partial charge in [0.1, 0.15) is 17.1 Å². The van der Waals surface area contributed by atoms with Crippen LogP contribution in [0.15, 0.2) is 70.6 Å². The van der Waals surface area contributed by atoms with Gasteiger partial charge in [0.15, 0.2) is 0 Å². The van der Waals surface area contributed by atoms with E-state index in [-0.39, 0.29) is 0 Å². The number of rotatable bonds is 4. The molecule has 0 atom stereocenters. The van der Waals surface area contributed by atoms with Gasteiger partial charge in [0, 0.05) is 22.0 Å². The minimum Gasteiger partial charge on any atom is -0.497 e. The zero-order valence-electron chi connectivity index (χ0n) is 12.8. The summed E-state index contributed by atoms with van der Waals surface area (Å²) in [6.45, 7) is 4.25. The molecular weight excluding hydrogens is 310 g/mol. The molecule has 0 spiro atoms. The van der Waals surface area contributed by atoms with Crippen molar-refractivity contribution in [2.24, 2.45) is 4.99 Å². The smallest absolute Gasteiger partial charge is 0.136 e. The van der Waals surface area contributed by atoms with E-state index in [9.17, 15) is 0 Å². The Morgan fingerprint density at radius 2 is 1.96 bits per heavy atom. The van der Waals surface area contributed by atoms with E-state index < -0.39 is 0 Å². The molecule has 0 fully saturated rings. The highest BCUT2D eigenvalue weighted by Crippen LogP contribution is 2.25. The number of fused-ring (bicyclic) bond motifs is 1. The predicted molar refractivity (Wildman–Crippen MR) is 93.8 cm³/mol. The summed E-state index contributed by atoms with van der Waals surface area (Å²) in [5, 5.41) is 2.37. The molecule has 116 valence electrons. The average Bonchev–Trinajstić information content (AvgIpc) is 2.59. The van der Waals surface area contributed by atoms with Crippen LogP contribution in [0.4, 0.5) is 0 Å². The zero-order valence-corrected chi connectivity index (χ0v) is 13.5. The number of hydrogen-bond acceptors (Lipinski definition) is 3. The van der Waals surface area contributed by atoms with Gasteiger partial charge in [-0.15, -0.1) is 6.58 Å². The summed E-state index contributed by atoms with van der Waals surface area (Å²) in [4.78, 5) is 4.55. The Balaban J connectivity index is 2.21. The van der Waals surface area contributed by atoms with Crippen LogP contribution in [0.25, 0.3) is 22.3 Å². The quantitative estimate of drug-likeness (QED) is 0.643. The molecule has 3 rings (SSSR count). The van der Waals surface area contributed by atoms with Crippen molar-refractivity contribution in [1.29, 1.82) is 0 Å². The lowest BCUT2D eigenvalue weighted by Gasteiger charge is -2.06. The molecule has 0 amide bonds. The summed E-state index contributed by atoms with van der Waals surface area (Å²) in [6, 6.07) is 15.2. The molecular formula is C19H16ClNO2. The minimum atomic E-state index is 0.535. The third kappa shape index (κ3) is 3.30. The lowest BCUT2D eigenvalue weighted by atomic mass is 10.1. The normalized spacial score (nSPS) is 11.7. The molecule has 0 unspecified atom stereocenters. The monoisotopic (exact) mass is 325 g/mol. The molecule has 0 saturated carbocycles. The van der Waals surface area contributed by atoms with Gasteiger partial charge in [-0.2, -0.15) is 0 Å². The molecule has 1 heterocycles.